The summed E-state index contributed by atoms with van der Waals surface area (Å²) in [5.41, 5.74) is 10.2. The van der Waals surface area contributed by atoms with Crippen molar-refractivity contribution in [2.24, 2.45) is 0 Å². The van der Waals surface area contributed by atoms with Gasteiger partial charge in [-0.3, -0.25) is 4.40 Å². The third-order valence-electron chi connectivity index (χ3n) is 8.97. The standard InChI is InChI=1S/C41H25N5S/c1-3-12-26(13-4-1)33-25-34(27-14-5-2-6-15-27)43-40(42-33)46-36-23-22-28(24-37(36)45-35-20-9-8-19-32(35)44-41(45)46)29-17-11-18-31-30-16-7-10-21-38(30)47-39(29)31/h1-25H. The largest absolute Gasteiger partial charge is 0.276 e. The van der Waals surface area contributed by atoms with Crippen molar-refractivity contribution in [1.82, 2.24) is 23.9 Å². The van der Waals surface area contributed by atoms with E-state index in [0.29, 0.717) is 5.95 Å². The number of hydrogen-bond acceptors (Lipinski definition) is 4. The maximum absolute atomic E-state index is 5.19. The summed E-state index contributed by atoms with van der Waals surface area (Å²) in [6.45, 7) is 0. The van der Waals surface area contributed by atoms with Gasteiger partial charge in [0.15, 0.2) is 0 Å². The third-order valence-corrected chi connectivity index (χ3v) is 10.2. The predicted octanol–water partition coefficient (Wildman–Crippen LogP) is 10.6. The first kappa shape index (κ1) is 26.1. The molecular weight excluding hydrogens is 595 g/mol. The molecule has 4 aromatic heterocycles. The van der Waals surface area contributed by atoms with Crippen molar-refractivity contribution in [3.8, 4) is 39.6 Å². The molecule has 0 fully saturated rings. The van der Waals surface area contributed by atoms with E-state index in [1.54, 1.807) is 0 Å². The van der Waals surface area contributed by atoms with Crippen molar-refractivity contribution in [2.45, 2.75) is 0 Å². The highest BCUT2D eigenvalue weighted by atomic mass is 32.1. The summed E-state index contributed by atoms with van der Waals surface area (Å²) >= 11 is 1.85. The van der Waals surface area contributed by atoms with Gasteiger partial charge in [0.25, 0.3) is 0 Å². The monoisotopic (exact) mass is 619 g/mol. The van der Waals surface area contributed by atoms with Gasteiger partial charge in [0, 0.05) is 31.3 Å². The molecule has 0 spiro atoms. The maximum atomic E-state index is 5.19. The molecule has 5 nitrogen and oxygen atoms in total. The number of hydrogen-bond donors (Lipinski definition) is 0. The number of aromatic nitrogens is 5. The molecule has 0 saturated carbocycles. The van der Waals surface area contributed by atoms with Gasteiger partial charge in [-0.05, 0) is 47.5 Å². The molecule has 4 heterocycles. The molecule has 0 amide bonds. The fourth-order valence-corrected chi connectivity index (χ4v) is 8.03. The molecule has 0 aliphatic rings. The summed E-state index contributed by atoms with van der Waals surface area (Å²) in [7, 11) is 0. The maximum Gasteiger partial charge on any atom is 0.238 e. The molecule has 10 rings (SSSR count). The summed E-state index contributed by atoms with van der Waals surface area (Å²) in [5, 5.41) is 2.59. The third kappa shape index (κ3) is 4.05. The average molecular weight is 620 g/mol. The molecule has 47 heavy (non-hydrogen) atoms. The Bertz CT molecular complexity index is 2730. The van der Waals surface area contributed by atoms with Crippen molar-refractivity contribution in [3.05, 3.63) is 152 Å². The second kappa shape index (κ2) is 10.2. The van der Waals surface area contributed by atoms with Crippen LogP contribution in [0.15, 0.2) is 152 Å². The van der Waals surface area contributed by atoms with E-state index >= 15 is 0 Å². The molecule has 0 aliphatic carbocycles. The van der Waals surface area contributed by atoms with Crippen molar-refractivity contribution in [3.63, 3.8) is 0 Å². The topological polar surface area (TPSA) is 48.0 Å². The number of thiophene rings is 1. The van der Waals surface area contributed by atoms with Gasteiger partial charge in [-0.25, -0.2) is 19.5 Å². The second-order valence-electron chi connectivity index (χ2n) is 11.7. The van der Waals surface area contributed by atoms with E-state index in [1.165, 1.54) is 25.7 Å². The first-order valence-electron chi connectivity index (χ1n) is 15.6. The zero-order valence-electron chi connectivity index (χ0n) is 25.1. The first-order valence-corrected chi connectivity index (χ1v) is 16.4. The van der Waals surface area contributed by atoms with Crippen LogP contribution in [0.25, 0.3) is 87.6 Å². The number of para-hydroxylation sites is 2. The number of benzene rings is 6. The smallest absolute Gasteiger partial charge is 0.238 e. The van der Waals surface area contributed by atoms with Crippen LogP contribution in [0.5, 0.6) is 0 Å². The van der Waals surface area contributed by atoms with Crippen molar-refractivity contribution >= 4 is 59.4 Å². The lowest BCUT2D eigenvalue weighted by Gasteiger charge is -2.11. The zero-order chi connectivity index (χ0) is 30.9. The Balaban J connectivity index is 1.27. The minimum atomic E-state index is 0.583. The molecule has 0 saturated heterocycles. The minimum Gasteiger partial charge on any atom is -0.276 e. The van der Waals surface area contributed by atoms with E-state index in [1.807, 2.05) is 53.8 Å². The predicted molar refractivity (Wildman–Crippen MR) is 194 cm³/mol. The normalized spacial score (nSPS) is 11.8. The van der Waals surface area contributed by atoms with E-state index in [2.05, 4.69) is 118 Å². The van der Waals surface area contributed by atoms with Crippen molar-refractivity contribution in [1.29, 1.82) is 0 Å². The van der Waals surface area contributed by atoms with Gasteiger partial charge in [0.05, 0.1) is 33.5 Å². The quantitative estimate of drug-likeness (QED) is 0.197. The summed E-state index contributed by atoms with van der Waals surface area (Å²) < 4.78 is 6.96. The van der Waals surface area contributed by atoms with Crippen LogP contribution >= 0.6 is 11.3 Å². The van der Waals surface area contributed by atoms with Gasteiger partial charge in [0.2, 0.25) is 11.7 Å². The Labute approximate surface area is 273 Å². The Morgan fingerprint density at radius 1 is 0.468 bits per heavy atom. The Hall–Kier alpha value is -6.11. The van der Waals surface area contributed by atoms with Crippen LogP contribution in [0.1, 0.15) is 0 Å². The van der Waals surface area contributed by atoms with E-state index in [0.717, 1.165) is 55.9 Å². The molecule has 0 unspecified atom stereocenters. The van der Waals surface area contributed by atoms with Crippen LogP contribution in [0.3, 0.4) is 0 Å². The first-order chi connectivity index (χ1) is 23.3. The molecular formula is C41H25N5S. The van der Waals surface area contributed by atoms with E-state index in [4.69, 9.17) is 15.0 Å². The molecule has 0 radical (unpaired) electrons. The van der Waals surface area contributed by atoms with Crippen molar-refractivity contribution in [2.75, 3.05) is 0 Å². The molecule has 6 heteroatoms. The molecule has 0 bridgehead atoms. The number of nitrogens with zero attached hydrogens (tertiary/aromatic N) is 5. The second-order valence-corrected chi connectivity index (χ2v) is 12.8. The van der Waals surface area contributed by atoms with Gasteiger partial charge in [-0.1, -0.05) is 115 Å². The van der Waals surface area contributed by atoms with Crippen LogP contribution in [0.4, 0.5) is 0 Å². The summed E-state index contributed by atoms with van der Waals surface area (Å²) in [5.74, 6) is 1.36. The van der Waals surface area contributed by atoms with Crippen LogP contribution in [0.2, 0.25) is 0 Å². The summed E-state index contributed by atoms with van der Waals surface area (Å²) in [6.07, 6.45) is 0. The number of fused-ring (bicyclic) bond motifs is 8. The molecule has 220 valence electrons. The minimum absolute atomic E-state index is 0.583. The summed E-state index contributed by atoms with van der Waals surface area (Å²) in [4.78, 5) is 15.5. The van der Waals surface area contributed by atoms with E-state index in [9.17, 15) is 0 Å². The number of imidazole rings is 2. The van der Waals surface area contributed by atoms with Crippen LogP contribution < -0.4 is 0 Å². The highest BCUT2D eigenvalue weighted by Crippen LogP contribution is 2.41. The zero-order valence-corrected chi connectivity index (χ0v) is 25.9. The summed E-state index contributed by atoms with van der Waals surface area (Å²) in [6, 6.07) is 53.0. The fraction of sp³-hybridized carbons (Fsp3) is 0. The van der Waals surface area contributed by atoms with Gasteiger partial charge >= 0.3 is 0 Å². The Morgan fingerprint density at radius 2 is 1.15 bits per heavy atom. The van der Waals surface area contributed by atoms with Crippen molar-refractivity contribution < 1.29 is 0 Å². The molecule has 0 atom stereocenters. The molecule has 6 aromatic carbocycles. The van der Waals surface area contributed by atoms with Crippen LogP contribution in [-0.4, -0.2) is 23.9 Å². The highest BCUT2D eigenvalue weighted by Gasteiger charge is 2.21. The van der Waals surface area contributed by atoms with E-state index < -0.39 is 0 Å². The fourth-order valence-electron chi connectivity index (χ4n) is 6.79. The molecule has 0 aliphatic heterocycles. The lowest BCUT2D eigenvalue weighted by Crippen LogP contribution is -2.04. The van der Waals surface area contributed by atoms with Gasteiger partial charge < -0.3 is 0 Å². The van der Waals surface area contributed by atoms with Crippen LogP contribution in [0, 0.1) is 0 Å². The highest BCUT2D eigenvalue weighted by molar-refractivity contribution is 7.26. The Morgan fingerprint density at radius 3 is 1.94 bits per heavy atom. The molecule has 0 N–H and O–H groups in total. The van der Waals surface area contributed by atoms with Gasteiger partial charge in [-0.2, -0.15) is 0 Å². The van der Waals surface area contributed by atoms with E-state index in [-0.39, 0.29) is 0 Å². The number of rotatable bonds is 4. The van der Waals surface area contributed by atoms with Gasteiger partial charge in [0.1, 0.15) is 0 Å². The Kier molecular flexibility index (Phi) is 5.68. The lowest BCUT2D eigenvalue weighted by molar-refractivity contribution is 0.972. The average Bonchev–Trinajstić information content (AvgIpc) is 3.80. The SMILES string of the molecule is c1ccc(-c2cc(-c3ccccc3)nc(-n3c4ccc(-c5cccc6c5sc5ccccc56)cc4n4c5ccccc5nc34)n2)cc1. The molecule has 10 aromatic rings. The van der Waals surface area contributed by atoms with Crippen LogP contribution in [-0.2, 0) is 0 Å². The lowest BCUT2D eigenvalue weighted by atomic mass is 10.0. The van der Waals surface area contributed by atoms with Gasteiger partial charge in [-0.15, -0.1) is 11.3 Å².